The molecule has 9 amide bonds. The molecule has 6 aliphatic rings. The van der Waals surface area contributed by atoms with Gasteiger partial charge in [0, 0.05) is 183 Å². The number of piperidine rings is 2. The van der Waals surface area contributed by atoms with E-state index in [1.54, 1.807) is 17.0 Å². The van der Waals surface area contributed by atoms with E-state index in [9.17, 15) is 75.1 Å². The Morgan fingerprint density at radius 2 is 0.874 bits per heavy atom. The van der Waals surface area contributed by atoms with Gasteiger partial charge in [0.2, 0.25) is 29.5 Å². The van der Waals surface area contributed by atoms with Crippen LogP contribution in [0.2, 0.25) is 0 Å². The maximum Gasteiger partial charge on any atom is 0.322 e. The molecule has 2 unspecified atom stereocenters. The SMILES string of the molecule is O=C(Nc1n[nH]c2ccc(Cc3cc(F)cc(F)c3)cc12)c1ccc(N2CCNCC2)cc1NC1CCOCC1.O=Cc1cc(NCC(=O)N2CCN(c3ccc(C(=O)Nc4n[nH]c5ccc(Cc6cc(F)cc(F)c6)cc45)c(NC4CCOCC4)c3)CC2)ccc1C(=O)NC1CCC(=O)NC1=O.O=Cc1cc(NCC(=O)O)ccc1C(=O)NC1CCC(=O)NC1=O. The topological polar surface area (TPSA) is 443 Å². The van der Waals surface area contributed by atoms with Crippen molar-refractivity contribution in [2.75, 3.05) is 134 Å². The van der Waals surface area contributed by atoms with Gasteiger partial charge < -0.3 is 77.1 Å². The monoisotopic (exact) mass is 1740 g/mol. The number of carboxylic acids is 1. The quantitative estimate of drug-likeness (QED) is 0.0137. The van der Waals surface area contributed by atoms with Crippen molar-refractivity contribution in [3.05, 3.63) is 224 Å². The number of nitrogens with zero attached hydrogens (tertiary/aromatic N) is 5. The number of H-pyrrole nitrogens is 2. The molecule has 10 aromatic rings. The molecule has 8 heterocycles. The lowest BCUT2D eigenvalue weighted by atomic mass is 10.0. The van der Waals surface area contributed by atoms with Crippen molar-refractivity contribution in [1.29, 1.82) is 0 Å². The molecule has 6 saturated heterocycles. The van der Waals surface area contributed by atoms with E-state index in [0.717, 1.165) is 103 Å². The molecule has 6 aliphatic heterocycles. The van der Waals surface area contributed by atoms with Crippen molar-refractivity contribution in [2.24, 2.45) is 0 Å². The highest BCUT2D eigenvalue weighted by molar-refractivity contribution is 6.13. The van der Waals surface area contributed by atoms with Gasteiger partial charge in [0.25, 0.3) is 23.6 Å². The molecule has 14 N–H and O–H groups in total. The first kappa shape index (κ1) is 88.8. The van der Waals surface area contributed by atoms with Crippen molar-refractivity contribution in [1.82, 2.24) is 51.9 Å². The number of imide groups is 2. The lowest BCUT2D eigenvalue weighted by molar-refractivity contribution is -0.136. The second-order valence-corrected chi connectivity index (χ2v) is 31.2. The number of fused-ring (bicyclic) bond motifs is 2. The van der Waals surface area contributed by atoms with Crippen LogP contribution in [-0.4, -0.2) is 218 Å². The summed E-state index contributed by atoms with van der Waals surface area (Å²) in [5.74, 6) is -6.94. The molecule has 660 valence electrons. The average Bonchev–Trinajstić information content (AvgIpc) is 1.79. The van der Waals surface area contributed by atoms with Gasteiger partial charge in [-0.3, -0.25) is 78.4 Å². The fourth-order valence-electron chi connectivity index (χ4n) is 15.7. The first-order chi connectivity index (χ1) is 61.4. The third-order valence-electron chi connectivity index (χ3n) is 22.3. The molecular formula is C90H92F4N18O15. The van der Waals surface area contributed by atoms with Gasteiger partial charge in [-0.2, -0.15) is 10.2 Å². The molecule has 127 heavy (non-hydrogen) atoms. The number of rotatable bonds is 26. The summed E-state index contributed by atoms with van der Waals surface area (Å²) in [6, 6.07) is 36.7. The van der Waals surface area contributed by atoms with Crippen LogP contribution in [0.4, 0.5) is 63.3 Å². The summed E-state index contributed by atoms with van der Waals surface area (Å²) in [5.41, 5.74) is 9.45. The van der Waals surface area contributed by atoms with Gasteiger partial charge in [0.1, 0.15) is 41.9 Å². The van der Waals surface area contributed by atoms with Crippen molar-refractivity contribution >= 4 is 139 Å². The number of amides is 9. The van der Waals surface area contributed by atoms with Gasteiger partial charge in [-0.25, -0.2) is 17.6 Å². The van der Waals surface area contributed by atoms with Crippen LogP contribution in [0.15, 0.2) is 146 Å². The second kappa shape index (κ2) is 41.4. The van der Waals surface area contributed by atoms with E-state index in [1.807, 2.05) is 60.7 Å². The number of benzene rings is 8. The van der Waals surface area contributed by atoms with Crippen molar-refractivity contribution < 1.29 is 89.7 Å². The van der Waals surface area contributed by atoms with E-state index in [4.69, 9.17) is 14.6 Å². The van der Waals surface area contributed by atoms with Gasteiger partial charge >= 0.3 is 5.97 Å². The van der Waals surface area contributed by atoms with Crippen LogP contribution in [0.5, 0.6) is 0 Å². The standard InChI is InChI=1S/C45H45F2N9O7.C30H32F2N6O2.C15H15N3O6/c46-29-18-27(19-30(47)22-29)17-26-1-6-37-36(20-26)42(54-53-37)52-44(61)35-5-3-33(23-39(35)49-31-9-15-63-16-10-31)55-11-13-56(14-12-55)41(59)24-48-32-2-4-34(28(21-32)25-57)43(60)50-38-7-8-40(58)51-45(38)62;31-21-14-20(15-22(32)17-21)13-19-1-4-27-26(16-19)29(37-36-27)35-30(39)25-3-2-24(38-9-7-33-8-10-38)18-28(25)34-23-5-11-40-12-6-23;19-7-8-5-9(16-6-13(21)22)1-2-10(8)14(23)17-11-3-4-12(20)18-15(11)24/h1-6,18-23,25,31,38,48-49H,7-17,24H2,(H,50,60)(H,51,58,62)(H2,52,53,54,61);1-4,14-18,23,33-34H,5-13H2,(H2,35,36,37,39);1-2,5,7,11,16H,3-4,6H2,(H,17,23)(H,21,22)(H,18,20,24). The van der Waals surface area contributed by atoms with Crippen LogP contribution in [0.25, 0.3) is 21.8 Å². The van der Waals surface area contributed by atoms with Gasteiger partial charge in [-0.05, 0) is 195 Å². The first-order valence-electron chi connectivity index (χ1n) is 41.5. The Morgan fingerprint density at radius 3 is 1.29 bits per heavy atom. The fourth-order valence-corrected chi connectivity index (χ4v) is 15.7. The Bertz CT molecular complexity index is 5800. The van der Waals surface area contributed by atoms with Gasteiger partial charge in [-0.1, -0.05) is 12.1 Å². The molecule has 0 saturated carbocycles. The van der Waals surface area contributed by atoms with E-state index in [1.165, 1.54) is 54.6 Å². The number of aliphatic carboxylic acids is 1. The highest BCUT2D eigenvalue weighted by Crippen LogP contribution is 2.34. The second-order valence-electron chi connectivity index (χ2n) is 31.2. The summed E-state index contributed by atoms with van der Waals surface area (Å²) in [4.78, 5) is 152. The van der Waals surface area contributed by atoms with Crippen molar-refractivity contribution in [3.63, 3.8) is 0 Å². The maximum absolute atomic E-state index is 14.0. The molecule has 2 atom stereocenters. The highest BCUT2D eigenvalue weighted by Gasteiger charge is 2.33. The van der Waals surface area contributed by atoms with E-state index in [0.29, 0.717) is 133 Å². The molecule has 0 spiro atoms. The summed E-state index contributed by atoms with van der Waals surface area (Å²) in [7, 11) is 0. The van der Waals surface area contributed by atoms with Crippen LogP contribution in [0.1, 0.15) is 136 Å². The van der Waals surface area contributed by atoms with Gasteiger partial charge in [0.15, 0.2) is 24.2 Å². The zero-order valence-electron chi connectivity index (χ0n) is 68.7. The number of halogens is 4. The van der Waals surface area contributed by atoms with Crippen LogP contribution in [-0.2, 0) is 51.1 Å². The molecule has 2 aromatic heterocycles. The Balaban J connectivity index is 0.000000173. The molecule has 33 nitrogen and oxygen atoms in total. The zero-order chi connectivity index (χ0) is 89.2. The lowest BCUT2D eigenvalue weighted by Gasteiger charge is -2.36. The summed E-state index contributed by atoms with van der Waals surface area (Å²) >= 11 is 0. The minimum Gasteiger partial charge on any atom is -0.480 e. The first-order valence-corrected chi connectivity index (χ1v) is 41.5. The summed E-state index contributed by atoms with van der Waals surface area (Å²) in [6.45, 7) is 7.80. The Labute approximate surface area is 724 Å². The third-order valence-corrected chi connectivity index (χ3v) is 22.3. The minimum atomic E-state index is -1.07. The Hall–Kier alpha value is -14.5. The number of carboxylic acid groups (broad SMARTS) is 1. The predicted molar refractivity (Wildman–Crippen MR) is 464 cm³/mol. The third kappa shape index (κ3) is 23.3. The molecule has 37 heteroatoms. The molecular weight excluding hydrogens is 1650 g/mol. The van der Waals surface area contributed by atoms with E-state index in [-0.39, 0.29) is 97.3 Å². The molecule has 6 fully saturated rings. The van der Waals surface area contributed by atoms with Gasteiger partial charge in [-0.15, -0.1) is 0 Å². The van der Waals surface area contributed by atoms with E-state index >= 15 is 0 Å². The van der Waals surface area contributed by atoms with Crippen LogP contribution < -0.4 is 68.3 Å². The number of aromatic nitrogens is 4. The number of aromatic amines is 2. The number of carbonyl (C=O) groups excluding carboxylic acids is 11. The summed E-state index contributed by atoms with van der Waals surface area (Å²) in [5, 5.41) is 56.0. The average molecular weight is 1740 g/mol. The number of anilines is 8. The van der Waals surface area contributed by atoms with Gasteiger partial charge in [0.05, 0.1) is 28.7 Å². The lowest BCUT2D eigenvalue weighted by Crippen LogP contribution is -2.52. The number of nitrogens with one attached hydrogen (secondary N) is 13. The van der Waals surface area contributed by atoms with E-state index in [2.05, 4.69) is 94.7 Å². The van der Waals surface area contributed by atoms with Crippen molar-refractivity contribution in [3.8, 4) is 0 Å². The number of piperazine rings is 2. The zero-order valence-corrected chi connectivity index (χ0v) is 68.7. The number of hydrogen-bond donors (Lipinski definition) is 14. The predicted octanol–water partition coefficient (Wildman–Crippen LogP) is 8.60. The number of carbonyl (C=O) groups is 12. The van der Waals surface area contributed by atoms with E-state index < -0.39 is 76.8 Å². The minimum absolute atomic E-state index is 0.0511. The molecule has 8 aromatic carbocycles. The Morgan fingerprint density at radius 1 is 0.457 bits per heavy atom. The Kier molecular flexibility index (Phi) is 28.9. The number of hydrogen-bond acceptors (Lipinski definition) is 23. The largest absolute Gasteiger partial charge is 0.480 e. The molecule has 0 aliphatic carbocycles. The molecule has 0 bridgehead atoms. The highest BCUT2D eigenvalue weighted by atomic mass is 19.1. The number of ether oxygens (including phenoxy) is 2. The molecule has 16 rings (SSSR count). The number of aldehydes is 2. The van der Waals surface area contributed by atoms with Crippen LogP contribution >= 0.6 is 0 Å². The molecule has 0 radical (unpaired) electrons. The van der Waals surface area contributed by atoms with Crippen LogP contribution in [0, 0.1) is 23.3 Å². The van der Waals surface area contributed by atoms with Crippen LogP contribution in [0.3, 0.4) is 0 Å². The smallest absolute Gasteiger partial charge is 0.322 e. The maximum atomic E-state index is 14.0. The summed E-state index contributed by atoms with van der Waals surface area (Å²) < 4.78 is 66.2. The summed E-state index contributed by atoms with van der Waals surface area (Å²) in [6.07, 6.45) is 5.45. The fraction of sp³-hybridized carbons (Fsp3) is 0.311. The van der Waals surface area contributed by atoms with Crippen molar-refractivity contribution in [2.45, 2.75) is 88.4 Å². The normalized spacial score (nSPS) is 16.7.